The number of alkyl carbamates (subject to hydrolysis) is 1. The number of amides is 2. The van der Waals surface area contributed by atoms with E-state index in [-0.39, 0.29) is 5.91 Å². The quantitative estimate of drug-likeness (QED) is 0.646. The Morgan fingerprint density at radius 2 is 2.17 bits per heavy atom. The molecule has 4 heteroatoms. The van der Waals surface area contributed by atoms with E-state index in [1.165, 1.54) is 0 Å². The van der Waals surface area contributed by atoms with Crippen molar-refractivity contribution in [2.24, 2.45) is 0 Å². The lowest BCUT2D eigenvalue weighted by molar-refractivity contribution is -0.123. The van der Waals surface area contributed by atoms with Crippen LogP contribution in [-0.4, -0.2) is 18.1 Å². The lowest BCUT2D eigenvalue weighted by atomic mass is 10.1. The van der Waals surface area contributed by atoms with Crippen LogP contribution in [0.5, 0.6) is 0 Å². The maximum absolute atomic E-state index is 10.9. The molecule has 1 aliphatic heterocycles. The Balaban J connectivity index is 2.24. The van der Waals surface area contributed by atoms with E-state index in [9.17, 15) is 9.59 Å². The number of cyclic esters (lactones) is 1. The molecule has 1 rings (SSSR count). The lowest BCUT2D eigenvalue weighted by Crippen LogP contribution is -2.24. The molecular formula is C8H13NO3. The van der Waals surface area contributed by atoms with Crippen molar-refractivity contribution in [3.63, 3.8) is 0 Å². The van der Waals surface area contributed by atoms with Gasteiger partial charge in [-0.3, -0.25) is 10.1 Å². The normalized spacial score (nSPS) is 22.2. The summed E-state index contributed by atoms with van der Waals surface area (Å²) < 4.78 is 4.72. The molecule has 0 aliphatic carbocycles. The van der Waals surface area contributed by atoms with Gasteiger partial charge >= 0.3 is 6.09 Å². The van der Waals surface area contributed by atoms with Crippen LogP contribution in [0, 0.1) is 0 Å². The zero-order valence-corrected chi connectivity index (χ0v) is 7.13. The Morgan fingerprint density at radius 3 is 2.67 bits per heavy atom. The van der Waals surface area contributed by atoms with Crippen LogP contribution in [0.25, 0.3) is 0 Å². The number of hydrogen-bond acceptors (Lipinski definition) is 3. The second-order valence-electron chi connectivity index (χ2n) is 2.88. The smallest absolute Gasteiger partial charge is 0.414 e. The van der Waals surface area contributed by atoms with E-state index >= 15 is 0 Å². The molecule has 0 spiro atoms. The monoisotopic (exact) mass is 171 g/mol. The van der Waals surface area contributed by atoms with Crippen LogP contribution in [0.2, 0.25) is 0 Å². The summed E-state index contributed by atoms with van der Waals surface area (Å²) in [6.07, 6.45) is 2.60. The second kappa shape index (κ2) is 4.09. The number of rotatable bonds is 4. The summed E-state index contributed by atoms with van der Waals surface area (Å²) in [7, 11) is 0. The van der Waals surface area contributed by atoms with Gasteiger partial charge in [-0.1, -0.05) is 19.8 Å². The Hall–Kier alpha value is -1.06. The van der Waals surface area contributed by atoms with Crippen LogP contribution in [-0.2, 0) is 9.53 Å². The van der Waals surface area contributed by atoms with Crippen LogP contribution in [0.4, 0.5) is 4.79 Å². The highest BCUT2D eigenvalue weighted by molar-refractivity contribution is 5.99. The van der Waals surface area contributed by atoms with Gasteiger partial charge in [0.05, 0.1) is 0 Å². The summed E-state index contributed by atoms with van der Waals surface area (Å²) in [6, 6.07) is 0. The van der Waals surface area contributed by atoms with Gasteiger partial charge in [-0.05, 0) is 12.8 Å². The molecule has 1 N–H and O–H groups in total. The molecule has 12 heavy (non-hydrogen) atoms. The topological polar surface area (TPSA) is 55.4 Å². The van der Waals surface area contributed by atoms with Gasteiger partial charge in [-0.25, -0.2) is 4.79 Å². The summed E-state index contributed by atoms with van der Waals surface area (Å²) >= 11 is 0. The molecule has 68 valence electrons. The number of hydrogen-bond donors (Lipinski definition) is 1. The predicted molar refractivity (Wildman–Crippen MR) is 42.6 cm³/mol. The minimum absolute atomic E-state index is 0.295. The fourth-order valence-electron chi connectivity index (χ4n) is 1.16. The fourth-order valence-corrected chi connectivity index (χ4v) is 1.16. The summed E-state index contributed by atoms with van der Waals surface area (Å²) in [6.45, 7) is 2.08. The van der Waals surface area contributed by atoms with Crippen molar-refractivity contribution in [2.75, 3.05) is 0 Å². The van der Waals surface area contributed by atoms with Gasteiger partial charge in [-0.2, -0.15) is 0 Å². The standard InChI is InChI=1S/C8H13NO3/c1-2-3-4-5-6-7(10)9-8(11)12-6/h6H,2-5H2,1H3,(H,9,10,11). The Labute approximate surface area is 71.3 Å². The van der Waals surface area contributed by atoms with Crippen molar-refractivity contribution in [1.29, 1.82) is 0 Å². The largest absolute Gasteiger partial charge is 0.436 e. The number of carbonyl (C=O) groups is 2. The average Bonchev–Trinajstić information content (AvgIpc) is 2.31. The molecule has 0 aromatic rings. The first-order valence-electron chi connectivity index (χ1n) is 4.25. The molecule has 4 nitrogen and oxygen atoms in total. The summed E-state index contributed by atoms with van der Waals surface area (Å²) in [5.74, 6) is -0.295. The number of nitrogens with one attached hydrogen (secondary N) is 1. The van der Waals surface area contributed by atoms with E-state index in [1.54, 1.807) is 0 Å². The Morgan fingerprint density at radius 1 is 1.42 bits per heavy atom. The van der Waals surface area contributed by atoms with Gasteiger partial charge in [0, 0.05) is 0 Å². The maximum atomic E-state index is 10.9. The number of imide groups is 1. The molecule has 1 aliphatic rings. The molecule has 0 aromatic carbocycles. The third-order valence-electron chi connectivity index (χ3n) is 1.84. The highest BCUT2D eigenvalue weighted by atomic mass is 16.6. The number of carbonyl (C=O) groups excluding carboxylic acids is 2. The fraction of sp³-hybridized carbons (Fsp3) is 0.750. The van der Waals surface area contributed by atoms with E-state index in [4.69, 9.17) is 4.74 Å². The van der Waals surface area contributed by atoms with E-state index in [2.05, 4.69) is 12.2 Å². The summed E-state index contributed by atoms with van der Waals surface area (Å²) in [4.78, 5) is 21.5. The molecule has 1 fully saturated rings. The molecule has 2 amide bonds. The molecule has 0 saturated carbocycles. The number of unbranched alkanes of at least 4 members (excludes halogenated alkanes) is 2. The highest BCUT2D eigenvalue weighted by Gasteiger charge is 2.31. The van der Waals surface area contributed by atoms with Crippen LogP contribution in [0.3, 0.4) is 0 Å². The first-order chi connectivity index (χ1) is 5.74. The SMILES string of the molecule is CCCCCC1OC(=O)NC1=O. The molecule has 0 aromatic heterocycles. The molecular weight excluding hydrogens is 158 g/mol. The van der Waals surface area contributed by atoms with E-state index < -0.39 is 12.2 Å². The van der Waals surface area contributed by atoms with Crippen molar-refractivity contribution in [2.45, 2.75) is 38.7 Å². The van der Waals surface area contributed by atoms with Crippen LogP contribution < -0.4 is 5.32 Å². The molecule has 1 saturated heterocycles. The minimum atomic E-state index is -0.610. The predicted octanol–water partition coefficient (Wildman–Crippen LogP) is 1.20. The first-order valence-corrected chi connectivity index (χ1v) is 4.25. The van der Waals surface area contributed by atoms with Gasteiger partial charge in [0.15, 0.2) is 6.10 Å². The van der Waals surface area contributed by atoms with E-state index in [0.717, 1.165) is 19.3 Å². The van der Waals surface area contributed by atoms with Crippen molar-refractivity contribution < 1.29 is 14.3 Å². The Kier molecular flexibility index (Phi) is 3.08. The third-order valence-corrected chi connectivity index (χ3v) is 1.84. The van der Waals surface area contributed by atoms with Gasteiger partial charge < -0.3 is 4.74 Å². The lowest BCUT2D eigenvalue weighted by Gasteiger charge is -2.03. The molecule has 0 radical (unpaired) electrons. The zero-order chi connectivity index (χ0) is 8.97. The van der Waals surface area contributed by atoms with Gasteiger partial charge in [-0.15, -0.1) is 0 Å². The van der Waals surface area contributed by atoms with Crippen molar-refractivity contribution >= 4 is 12.0 Å². The number of ether oxygens (including phenoxy) is 1. The van der Waals surface area contributed by atoms with E-state index in [1.807, 2.05) is 0 Å². The van der Waals surface area contributed by atoms with Crippen molar-refractivity contribution in [3.05, 3.63) is 0 Å². The molecule has 1 atom stereocenters. The molecule has 0 bridgehead atoms. The van der Waals surface area contributed by atoms with Crippen LogP contribution in [0.15, 0.2) is 0 Å². The van der Waals surface area contributed by atoms with Gasteiger partial charge in [0.25, 0.3) is 5.91 Å². The van der Waals surface area contributed by atoms with E-state index in [0.29, 0.717) is 6.42 Å². The molecule has 1 unspecified atom stereocenters. The van der Waals surface area contributed by atoms with Crippen molar-refractivity contribution in [3.8, 4) is 0 Å². The Bertz CT molecular complexity index is 191. The zero-order valence-electron chi connectivity index (χ0n) is 7.13. The van der Waals surface area contributed by atoms with Crippen LogP contribution >= 0.6 is 0 Å². The summed E-state index contributed by atoms with van der Waals surface area (Å²) in [5.41, 5.74) is 0. The maximum Gasteiger partial charge on any atom is 0.414 e. The molecule has 1 heterocycles. The first kappa shape index (κ1) is 9.03. The minimum Gasteiger partial charge on any atom is -0.436 e. The third kappa shape index (κ3) is 2.22. The summed E-state index contributed by atoms with van der Waals surface area (Å²) in [5, 5.41) is 2.09. The highest BCUT2D eigenvalue weighted by Crippen LogP contribution is 2.10. The van der Waals surface area contributed by atoms with Crippen molar-refractivity contribution in [1.82, 2.24) is 5.32 Å². The van der Waals surface area contributed by atoms with Crippen LogP contribution in [0.1, 0.15) is 32.6 Å². The van der Waals surface area contributed by atoms with Gasteiger partial charge in [0.1, 0.15) is 0 Å². The van der Waals surface area contributed by atoms with Gasteiger partial charge in [0.2, 0.25) is 0 Å². The second-order valence-corrected chi connectivity index (χ2v) is 2.88. The average molecular weight is 171 g/mol.